The molecule has 3 nitrogen and oxygen atoms in total. The van der Waals surface area contributed by atoms with Crippen molar-refractivity contribution in [3.63, 3.8) is 0 Å². The molecule has 1 aromatic rings. The van der Waals surface area contributed by atoms with Crippen molar-refractivity contribution in [1.29, 1.82) is 0 Å². The summed E-state index contributed by atoms with van der Waals surface area (Å²) in [6, 6.07) is 9.16. The summed E-state index contributed by atoms with van der Waals surface area (Å²) in [6.45, 7) is 9.34. The van der Waals surface area contributed by atoms with Crippen LogP contribution in [0.1, 0.15) is 12.5 Å². The molecule has 0 saturated carbocycles. The van der Waals surface area contributed by atoms with Crippen LogP contribution in [0.4, 0.5) is 0 Å². The number of nitrogens with zero attached hydrogens (tertiary/aromatic N) is 2. The van der Waals surface area contributed by atoms with Gasteiger partial charge in [0.15, 0.2) is 0 Å². The molecule has 1 aliphatic rings. The predicted octanol–water partition coefficient (Wildman–Crippen LogP) is 2.22. The van der Waals surface area contributed by atoms with Crippen molar-refractivity contribution in [3.8, 4) is 0 Å². The molecule has 0 bridgehead atoms. The van der Waals surface area contributed by atoms with Gasteiger partial charge < -0.3 is 10.2 Å². The summed E-state index contributed by atoms with van der Waals surface area (Å²) in [5.74, 6) is 0. The van der Waals surface area contributed by atoms with Crippen molar-refractivity contribution in [1.82, 2.24) is 15.1 Å². The molecule has 1 fully saturated rings. The van der Waals surface area contributed by atoms with Crippen molar-refractivity contribution in [2.45, 2.75) is 19.4 Å². The smallest absolute Gasteiger partial charge is 0.0175 e. The van der Waals surface area contributed by atoms with Gasteiger partial charge >= 0.3 is 0 Å². The molecule has 1 atom stereocenters. The predicted molar refractivity (Wildman–Crippen MR) is 89.2 cm³/mol. The highest BCUT2D eigenvalue weighted by atomic mass is 79.9. The second-order valence-corrected chi connectivity index (χ2v) is 6.75. The molecule has 1 saturated heterocycles. The van der Waals surface area contributed by atoms with E-state index in [2.05, 4.69) is 69.3 Å². The van der Waals surface area contributed by atoms with Crippen LogP contribution in [-0.4, -0.2) is 62.2 Å². The van der Waals surface area contributed by atoms with Crippen LogP contribution < -0.4 is 5.32 Å². The Morgan fingerprint density at radius 2 is 1.80 bits per heavy atom. The van der Waals surface area contributed by atoms with E-state index in [0.29, 0.717) is 6.04 Å². The Morgan fingerprint density at radius 3 is 2.45 bits per heavy atom. The first-order valence-corrected chi connectivity index (χ1v) is 8.31. The Morgan fingerprint density at radius 1 is 1.15 bits per heavy atom. The summed E-state index contributed by atoms with van der Waals surface area (Å²) < 4.78 is 1.15. The minimum atomic E-state index is 0.531. The van der Waals surface area contributed by atoms with Crippen molar-refractivity contribution < 1.29 is 0 Å². The van der Waals surface area contributed by atoms with E-state index >= 15 is 0 Å². The highest BCUT2D eigenvalue weighted by Crippen LogP contribution is 2.11. The van der Waals surface area contributed by atoms with Crippen molar-refractivity contribution in [3.05, 3.63) is 34.3 Å². The average Bonchev–Trinajstić information content (AvgIpc) is 2.44. The summed E-state index contributed by atoms with van der Waals surface area (Å²) in [5, 5.41) is 3.64. The van der Waals surface area contributed by atoms with Gasteiger partial charge in [0, 0.05) is 49.8 Å². The van der Waals surface area contributed by atoms with E-state index in [1.165, 1.54) is 38.3 Å². The fourth-order valence-corrected chi connectivity index (χ4v) is 2.85. The zero-order valence-electron chi connectivity index (χ0n) is 12.6. The Balaban J connectivity index is 1.62. The van der Waals surface area contributed by atoms with Gasteiger partial charge in [0.25, 0.3) is 0 Å². The van der Waals surface area contributed by atoms with E-state index in [1.54, 1.807) is 0 Å². The first-order valence-electron chi connectivity index (χ1n) is 7.52. The molecule has 112 valence electrons. The molecule has 1 aromatic carbocycles. The minimum Gasteiger partial charge on any atom is -0.313 e. The van der Waals surface area contributed by atoms with Gasteiger partial charge in [-0.3, -0.25) is 4.90 Å². The number of hydrogen-bond acceptors (Lipinski definition) is 3. The number of halogens is 1. The standard InChI is InChI=1S/C16H26BrN3/c1-14(13-15-3-5-16(17)6-4-15)18-7-8-20-11-9-19(2)10-12-20/h3-6,14,18H,7-13H2,1-2H3. The number of likely N-dealkylation sites (N-methyl/N-ethyl adjacent to an activating group) is 1. The van der Waals surface area contributed by atoms with E-state index in [9.17, 15) is 0 Å². The summed E-state index contributed by atoms with van der Waals surface area (Å²) in [5.41, 5.74) is 1.40. The third-order valence-corrected chi connectivity index (χ3v) is 4.50. The maximum Gasteiger partial charge on any atom is 0.0175 e. The van der Waals surface area contributed by atoms with Gasteiger partial charge in [-0.2, -0.15) is 0 Å². The first-order chi connectivity index (χ1) is 9.63. The molecule has 0 aromatic heterocycles. The summed E-state index contributed by atoms with van der Waals surface area (Å²) in [6.07, 6.45) is 1.09. The molecule has 1 unspecified atom stereocenters. The van der Waals surface area contributed by atoms with Gasteiger partial charge in [-0.15, -0.1) is 0 Å². The highest BCUT2D eigenvalue weighted by molar-refractivity contribution is 9.10. The average molecular weight is 340 g/mol. The first kappa shape index (κ1) is 16.0. The molecular formula is C16H26BrN3. The number of benzene rings is 1. The van der Waals surface area contributed by atoms with Gasteiger partial charge in [0.1, 0.15) is 0 Å². The summed E-state index contributed by atoms with van der Waals surface area (Å²) in [4.78, 5) is 4.96. The lowest BCUT2D eigenvalue weighted by Crippen LogP contribution is -2.47. The van der Waals surface area contributed by atoms with E-state index in [1.807, 2.05) is 0 Å². The second kappa shape index (κ2) is 8.13. The minimum absolute atomic E-state index is 0.531. The molecule has 1 aliphatic heterocycles. The van der Waals surface area contributed by atoms with E-state index < -0.39 is 0 Å². The monoisotopic (exact) mass is 339 g/mol. The van der Waals surface area contributed by atoms with Gasteiger partial charge in [-0.1, -0.05) is 28.1 Å². The normalized spacial score (nSPS) is 19.1. The molecule has 2 rings (SSSR count). The van der Waals surface area contributed by atoms with E-state index in [4.69, 9.17) is 0 Å². The molecule has 0 spiro atoms. The second-order valence-electron chi connectivity index (χ2n) is 5.83. The zero-order chi connectivity index (χ0) is 14.4. The van der Waals surface area contributed by atoms with Gasteiger partial charge in [-0.25, -0.2) is 0 Å². The number of rotatable bonds is 6. The third-order valence-electron chi connectivity index (χ3n) is 3.97. The highest BCUT2D eigenvalue weighted by Gasteiger charge is 2.13. The fourth-order valence-electron chi connectivity index (χ4n) is 2.59. The molecular weight excluding hydrogens is 314 g/mol. The Hall–Kier alpha value is -0.420. The molecule has 0 aliphatic carbocycles. The summed E-state index contributed by atoms with van der Waals surface area (Å²) >= 11 is 3.48. The van der Waals surface area contributed by atoms with Crippen LogP contribution in [-0.2, 0) is 6.42 Å². The maximum absolute atomic E-state index is 3.64. The Bertz CT molecular complexity index is 385. The topological polar surface area (TPSA) is 18.5 Å². The third kappa shape index (κ3) is 5.52. The molecule has 20 heavy (non-hydrogen) atoms. The van der Waals surface area contributed by atoms with Crippen molar-refractivity contribution in [2.75, 3.05) is 46.3 Å². The molecule has 0 radical (unpaired) electrons. The van der Waals surface area contributed by atoms with E-state index in [0.717, 1.165) is 17.4 Å². The van der Waals surface area contributed by atoms with Crippen LogP contribution in [0.2, 0.25) is 0 Å². The fraction of sp³-hybridized carbons (Fsp3) is 0.625. The van der Waals surface area contributed by atoms with E-state index in [-0.39, 0.29) is 0 Å². The number of nitrogens with one attached hydrogen (secondary N) is 1. The molecule has 0 amide bonds. The van der Waals surface area contributed by atoms with Gasteiger partial charge in [0.05, 0.1) is 0 Å². The Kier molecular flexibility index (Phi) is 6.49. The number of hydrogen-bond donors (Lipinski definition) is 1. The van der Waals surface area contributed by atoms with Crippen LogP contribution >= 0.6 is 15.9 Å². The maximum atomic E-state index is 3.64. The van der Waals surface area contributed by atoms with Crippen LogP contribution in [0.5, 0.6) is 0 Å². The van der Waals surface area contributed by atoms with Crippen molar-refractivity contribution >= 4 is 15.9 Å². The molecule has 1 heterocycles. The molecule has 1 N–H and O–H groups in total. The SMILES string of the molecule is CC(Cc1ccc(Br)cc1)NCCN1CCN(C)CC1. The zero-order valence-corrected chi connectivity index (χ0v) is 14.2. The van der Waals surface area contributed by atoms with Crippen LogP contribution in [0, 0.1) is 0 Å². The van der Waals surface area contributed by atoms with Gasteiger partial charge in [-0.05, 0) is 38.1 Å². The summed E-state index contributed by atoms with van der Waals surface area (Å²) in [7, 11) is 2.20. The van der Waals surface area contributed by atoms with Crippen molar-refractivity contribution in [2.24, 2.45) is 0 Å². The largest absolute Gasteiger partial charge is 0.313 e. The lowest BCUT2D eigenvalue weighted by Gasteiger charge is -2.32. The Labute approximate surface area is 131 Å². The van der Waals surface area contributed by atoms with Crippen LogP contribution in [0.3, 0.4) is 0 Å². The lowest BCUT2D eigenvalue weighted by molar-refractivity contribution is 0.154. The number of piperazine rings is 1. The van der Waals surface area contributed by atoms with Crippen LogP contribution in [0.25, 0.3) is 0 Å². The quantitative estimate of drug-likeness (QED) is 0.857. The van der Waals surface area contributed by atoms with Gasteiger partial charge in [0.2, 0.25) is 0 Å². The molecule has 4 heteroatoms. The lowest BCUT2D eigenvalue weighted by atomic mass is 10.1. The van der Waals surface area contributed by atoms with Crippen LogP contribution in [0.15, 0.2) is 28.7 Å².